The van der Waals surface area contributed by atoms with Crippen LogP contribution in [-0.2, 0) is 6.54 Å². The van der Waals surface area contributed by atoms with E-state index in [4.69, 9.17) is 4.99 Å². The van der Waals surface area contributed by atoms with Gasteiger partial charge in [0.1, 0.15) is 0 Å². The monoisotopic (exact) mass is 421 g/mol. The predicted molar refractivity (Wildman–Crippen MR) is 129 cm³/mol. The molecule has 6 nitrogen and oxygen atoms in total. The van der Waals surface area contributed by atoms with Crippen LogP contribution in [0.3, 0.4) is 0 Å². The number of para-hydroxylation sites is 1. The smallest absolute Gasteiger partial charge is 0.251 e. The molecule has 1 amide bonds. The summed E-state index contributed by atoms with van der Waals surface area (Å²) in [5.41, 5.74) is 3.05. The number of amides is 1. The van der Waals surface area contributed by atoms with Crippen molar-refractivity contribution in [2.45, 2.75) is 45.7 Å². The second-order valence-corrected chi connectivity index (χ2v) is 7.91. The molecule has 0 radical (unpaired) electrons. The maximum Gasteiger partial charge on any atom is 0.251 e. The Labute approximate surface area is 186 Å². The highest BCUT2D eigenvalue weighted by molar-refractivity contribution is 5.94. The lowest BCUT2D eigenvalue weighted by Gasteiger charge is -2.20. The van der Waals surface area contributed by atoms with Crippen LogP contribution in [0.1, 0.15) is 49.0 Å². The Morgan fingerprint density at radius 3 is 2.55 bits per heavy atom. The number of aliphatic imine (C=N–C) groups is 1. The van der Waals surface area contributed by atoms with Gasteiger partial charge in [-0.2, -0.15) is 0 Å². The fourth-order valence-corrected chi connectivity index (χ4v) is 3.68. The molecular weight excluding hydrogens is 386 g/mol. The molecule has 0 aromatic heterocycles. The van der Waals surface area contributed by atoms with Crippen molar-refractivity contribution in [3.8, 4) is 0 Å². The highest BCUT2D eigenvalue weighted by Gasteiger charge is 2.23. The van der Waals surface area contributed by atoms with Gasteiger partial charge in [0.05, 0.1) is 6.54 Å². The standard InChI is InChI=1S/C25H35N5O/c1-3-5-16-27-24(31)21-13-11-20(12-14-21)18-28-25(26-4-2)29-22-15-17-30(19-22)23-9-7-6-8-10-23/h6-14,22H,3-5,15-19H2,1-2H3,(H,27,31)(H2,26,28,29). The zero-order valence-electron chi connectivity index (χ0n) is 18.7. The second kappa shape index (κ2) is 12.0. The van der Waals surface area contributed by atoms with Gasteiger partial charge in [0.15, 0.2) is 5.96 Å². The van der Waals surface area contributed by atoms with Crippen LogP contribution in [0.2, 0.25) is 0 Å². The van der Waals surface area contributed by atoms with Crippen LogP contribution in [-0.4, -0.2) is 44.1 Å². The molecule has 31 heavy (non-hydrogen) atoms. The summed E-state index contributed by atoms with van der Waals surface area (Å²) in [5, 5.41) is 9.88. The number of guanidine groups is 1. The summed E-state index contributed by atoms with van der Waals surface area (Å²) in [5.74, 6) is 0.825. The van der Waals surface area contributed by atoms with Gasteiger partial charge in [-0.05, 0) is 49.6 Å². The number of anilines is 1. The molecule has 1 atom stereocenters. The molecule has 1 heterocycles. The molecule has 0 saturated carbocycles. The van der Waals surface area contributed by atoms with Crippen LogP contribution in [0.4, 0.5) is 5.69 Å². The van der Waals surface area contributed by atoms with Gasteiger partial charge in [-0.15, -0.1) is 0 Å². The van der Waals surface area contributed by atoms with E-state index in [9.17, 15) is 4.79 Å². The van der Waals surface area contributed by atoms with Crippen molar-refractivity contribution in [1.29, 1.82) is 0 Å². The lowest BCUT2D eigenvalue weighted by atomic mass is 10.1. The fraction of sp³-hybridized carbons (Fsp3) is 0.440. The first-order valence-corrected chi connectivity index (χ1v) is 11.4. The molecule has 1 aliphatic rings. The molecular formula is C25H35N5O. The minimum Gasteiger partial charge on any atom is -0.369 e. The van der Waals surface area contributed by atoms with Crippen LogP contribution in [0.5, 0.6) is 0 Å². The van der Waals surface area contributed by atoms with Crippen LogP contribution in [0.25, 0.3) is 0 Å². The molecule has 0 spiro atoms. The summed E-state index contributed by atoms with van der Waals surface area (Å²) in [6, 6.07) is 18.6. The third-order valence-electron chi connectivity index (χ3n) is 5.45. The molecule has 2 aromatic rings. The first-order chi connectivity index (χ1) is 15.2. The quantitative estimate of drug-likeness (QED) is 0.329. The van der Waals surface area contributed by atoms with E-state index in [1.54, 1.807) is 0 Å². The molecule has 0 aliphatic carbocycles. The topological polar surface area (TPSA) is 68.8 Å². The number of unbranched alkanes of at least 4 members (excludes halogenated alkanes) is 1. The van der Waals surface area contributed by atoms with Gasteiger partial charge >= 0.3 is 0 Å². The molecule has 6 heteroatoms. The van der Waals surface area contributed by atoms with Gasteiger partial charge in [0.2, 0.25) is 0 Å². The average molecular weight is 422 g/mol. The predicted octanol–water partition coefficient (Wildman–Crippen LogP) is 3.55. The van der Waals surface area contributed by atoms with Gasteiger partial charge in [-0.25, -0.2) is 4.99 Å². The zero-order chi connectivity index (χ0) is 21.9. The Balaban J connectivity index is 1.53. The Morgan fingerprint density at radius 1 is 1.06 bits per heavy atom. The van der Waals surface area contributed by atoms with E-state index in [1.807, 2.05) is 24.3 Å². The van der Waals surface area contributed by atoms with E-state index in [0.29, 0.717) is 18.2 Å². The van der Waals surface area contributed by atoms with Crippen LogP contribution in [0.15, 0.2) is 59.6 Å². The summed E-state index contributed by atoms with van der Waals surface area (Å²) in [4.78, 5) is 19.3. The first kappa shape index (κ1) is 22.7. The van der Waals surface area contributed by atoms with Gasteiger partial charge in [-0.3, -0.25) is 4.79 Å². The number of carbonyl (C=O) groups is 1. The van der Waals surface area contributed by atoms with Gasteiger partial charge < -0.3 is 20.9 Å². The maximum atomic E-state index is 12.1. The van der Waals surface area contributed by atoms with E-state index in [-0.39, 0.29) is 5.91 Å². The Bertz CT molecular complexity index is 835. The Hall–Kier alpha value is -3.02. The van der Waals surface area contributed by atoms with E-state index in [1.165, 1.54) is 5.69 Å². The van der Waals surface area contributed by atoms with Crippen LogP contribution < -0.4 is 20.9 Å². The summed E-state index contributed by atoms with van der Waals surface area (Å²) < 4.78 is 0. The Morgan fingerprint density at radius 2 is 1.84 bits per heavy atom. The van der Waals surface area contributed by atoms with Gasteiger partial charge in [0, 0.05) is 43.5 Å². The largest absolute Gasteiger partial charge is 0.369 e. The molecule has 1 aliphatic heterocycles. The highest BCUT2D eigenvalue weighted by atomic mass is 16.1. The maximum absolute atomic E-state index is 12.1. The molecule has 3 rings (SSSR count). The molecule has 0 bridgehead atoms. The molecule has 166 valence electrons. The van der Waals surface area contributed by atoms with Crippen molar-refractivity contribution < 1.29 is 4.79 Å². The van der Waals surface area contributed by atoms with Gasteiger partial charge in [-0.1, -0.05) is 43.7 Å². The number of hydrogen-bond donors (Lipinski definition) is 3. The third-order valence-corrected chi connectivity index (χ3v) is 5.45. The number of benzene rings is 2. The van der Waals surface area contributed by atoms with Crippen LogP contribution in [0, 0.1) is 0 Å². The average Bonchev–Trinajstić information content (AvgIpc) is 3.27. The SMILES string of the molecule is CCCCNC(=O)c1ccc(CN=C(NCC)NC2CCN(c3ccccc3)C2)cc1. The molecule has 1 fully saturated rings. The first-order valence-electron chi connectivity index (χ1n) is 11.4. The summed E-state index contributed by atoms with van der Waals surface area (Å²) in [7, 11) is 0. The van der Waals surface area contributed by atoms with E-state index in [2.05, 4.69) is 65.0 Å². The summed E-state index contributed by atoms with van der Waals surface area (Å²) >= 11 is 0. The summed E-state index contributed by atoms with van der Waals surface area (Å²) in [6.45, 7) is 8.32. The molecule has 3 N–H and O–H groups in total. The number of nitrogens with one attached hydrogen (secondary N) is 3. The summed E-state index contributed by atoms with van der Waals surface area (Å²) in [6.07, 6.45) is 3.16. The van der Waals surface area contributed by atoms with Gasteiger partial charge in [0.25, 0.3) is 5.91 Å². The molecule has 1 unspecified atom stereocenters. The lowest BCUT2D eigenvalue weighted by molar-refractivity contribution is 0.0953. The Kier molecular flexibility index (Phi) is 8.76. The van der Waals surface area contributed by atoms with Crippen molar-refractivity contribution >= 4 is 17.6 Å². The van der Waals surface area contributed by atoms with Crippen molar-refractivity contribution in [1.82, 2.24) is 16.0 Å². The van der Waals surface area contributed by atoms with Crippen LogP contribution >= 0.6 is 0 Å². The van der Waals surface area contributed by atoms with E-state index < -0.39 is 0 Å². The minimum absolute atomic E-state index is 0.0114. The normalized spacial score (nSPS) is 16.3. The van der Waals surface area contributed by atoms with E-state index in [0.717, 1.165) is 57.0 Å². The zero-order valence-corrected chi connectivity index (χ0v) is 18.7. The lowest BCUT2D eigenvalue weighted by Crippen LogP contribution is -2.44. The van der Waals surface area contributed by atoms with Crippen molar-refractivity contribution in [2.75, 3.05) is 31.1 Å². The third kappa shape index (κ3) is 7.02. The fourth-order valence-electron chi connectivity index (χ4n) is 3.68. The van der Waals surface area contributed by atoms with Crippen molar-refractivity contribution in [2.24, 2.45) is 4.99 Å². The number of hydrogen-bond acceptors (Lipinski definition) is 3. The van der Waals surface area contributed by atoms with E-state index >= 15 is 0 Å². The number of rotatable bonds is 9. The molecule has 2 aromatic carbocycles. The van der Waals surface area contributed by atoms with Crippen molar-refractivity contribution in [3.63, 3.8) is 0 Å². The van der Waals surface area contributed by atoms with Crippen molar-refractivity contribution in [3.05, 3.63) is 65.7 Å². The molecule has 1 saturated heterocycles. The minimum atomic E-state index is -0.0114. The number of nitrogens with zero attached hydrogens (tertiary/aromatic N) is 2. The highest BCUT2D eigenvalue weighted by Crippen LogP contribution is 2.19. The number of carbonyl (C=O) groups excluding carboxylic acids is 1. The second-order valence-electron chi connectivity index (χ2n) is 7.91.